The van der Waals surface area contributed by atoms with Gasteiger partial charge in [-0.15, -0.1) is 10.2 Å². The fourth-order valence-corrected chi connectivity index (χ4v) is 1.96. The van der Waals surface area contributed by atoms with Crippen molar-refractivity contribution in [3.63, 3.8) is 0 Å². The summed E-state index contributed by atoms with van der Waals surface area (Å²) in [6, 6.07) is 4.23. The van der Waals surface area contributed by atoms with E-state index in [-0.39, 0.29) is 6.42 Å². The highest BCUT2D eigenvalue weighted by atomic mass is 35.7. The molecule has 0 unspecified atom stereocenters. The fraction of sp³-hybridized carbons (Fsp3) is 0.538. The highest BCUT2D eigenvalue weighted by molar-refractivity contribution is 5.66. The minimum Gasteiger partial charge on any atom is -0.481 e. The Kier molecular flexibility index (Phi) is 7.76. The van der Waals surface area contributed by atoms with Crippen LogP contribution in [0.1, 0.15) is 43.1 Å². The van der Waals surface area contributed by atoms with Gasteiger partial charge in [0.25, 0.3) is 0 Å². The zero-order valence-electron chi connectivity index (χ0n) is 12.5. The van der Waals surface area contributed by atoms with Crippen molar-refractivity contribution >= 4 is 5.97 Å². The average Bonchev–Trinajstić information content (AvgIpc) is 2.23. The maximum atomic E-state index is 10.6. The van der Waals surface area contributed by atoms with Gasteiger partial charge in [0.2, 0.25) is 0 Å². The lowest BCUT2D eigenvalue weighted by Crippen LogP contribution is -2.68. The highest BCUT2D eigenvalue weighted by Crippen LogP contribution is 2.13. The maximum absolute atomic E-state index is 10.6. The Morgan fingerprint density at radius 2 is 1.71 bits per heavy atom. The molecule has 0 bridgehead atoms. The van der Waals surface area contributed by atoms with Gasteiger partial charge in [0, 0.05) is 25.0 Å². The summed E-state index contributed by atoms with van der Waals surface area (Å²) in [7, 11) is -4.94. The molecule has 8 heteroatoms. The van der Waals surface area contributed by atoms with E-state index in [0.29, 0.717) is 12.5 Å². The molecule has 7 nitrogen and oxygen atoms in total. The van der Waals surface area contributed by atoms with Gasteiger partial charge < -0.3 is 5.11 Å². The molecule has 1 aromatic rings. The third-order valence-corrected chi connectivity index (χ3v) is 2.69. The summed E-state index contributed by atoms with van der Waals surface area (Å²) in [6.07, 6.45) is 0.175. The van der Waals surface area contributed by atoms with Crippen LogP contribution in [0, 0.1) is 24.1 Å². The van der Waals surface area contributed by atoms with Crippen LogP contribution >= 0.6 is 0 Å². The molecule has 0 saturated heterocycles. The van der Waals surface area contributed by atoms with Gasteiger partial charge in [-0.3, -0.25) is 4.79 Å². The third kappa shape index (κ3) is 9.33. The smallest absolute Gasteiger partial charge is 0.309 e. The normalized spacial score (nSPS) is 11.1. The van der Waals surface area contributed by atoms with E-state index in [4.69, 9.17) is 23.7 Å². The third-order valence-electron chi connectivity index (χ3n) is 2.69. The van der Waals surface area contributed by atoms with Gasteiger partial charge in [0.1, 0.15) is 6.42 Å². The number of rotatable bonds is 4. The van der Waals surface area contributed by atoms with Crippen LogP contribution in [-0.4, -0.2) is 11.1 Å². The van der Waals surface area contributed by atoms with Crippen LogP contribution in [0.4, 0.5) is 0 Å². The molecule has 1 N–H and O–H groups in total. The predicted molar refractivity (Wildman–Crippen MR) is 62.5 cm³/mol. The first-order valence-electron chi connectivity index (χ1n) is 6.26. The molecule has 120 valence electrons. The Hall–Kier alpha value is -1.25. The van der Waals surface area contributed by atoms with Gasteiger partial charge in [-0.1, -0.05) is 13.8 Å². The lowest BCUT2D eigenvalue weighted by molar-refractivity contribution is -2.00. The summed E-state index contributed by atoms with van der Waals surface area (Å²) >= 11 is 0. The fourth-order valence-electron chi connectivity index (χ4n) is 1.96. The average molecular weight is 322 g/mol. The summed E-state index contributed by atoms with van der Waals surface area (Å²) in [4.78, 5) is 10.6. The summed E-state index contributed by atoms with van der Waals surface area (Å²) in [5.74, 6) is -0.338. The van der Waals surface area contributed by atoms with Gasteiger partial charge in [-0.2, -0.15) is 4.57 Å². The van der Waals surface area contributed by atoms with Crippen LogP contribution in [0.25, 0.3) is 0 Å². The number of carboxylic acids is 1. The lowest BCUT2D eigenvalue weighted by atomic mass is 10.1. The van der Waals surface area contributed by atoms with E-state index in [1.54, 1.807) is 0 Å². The predicted octanol–water partition coefficient (Wildman–Crippen LogP) is -2.57. The van der Waals surface area contributed by atoms with E-state index in [2.05, 4.69) is 37.5 Å². The number of nitrogens with zero attached hydrogens (tertiary/aromatic N) is 1. The number of halogens is 1. The second kappa shape index (κ2) is 8.26. The van der Waals surface area contributed by atoms with Gasteiger partial charge in [0.05, 0.1) is 0 Å². The van der Waals surface area contributed by atoms with Gasteiger partial charge in [-0.25, -0.2) is 18.6 Å². The zero-order chi connectivity index (χ0) is 16.8. The summed E-state index contributed by atoms with van der Waals surface area (Å²) in [6.45, 7) is 8.91. The first-order valence-corrected chi connectivity index (χ1v) is 7.49. The molecule has 1 heterocycles. The van der Waals surface area contributed by atoms with Crippen molar-refractivity contribution in [2.24, 2.45) is 0 Å². The molecular formula is C13H20ClNO6. The van der Waals surface area contributed by atoms with E-state index in [0.717, 1.165) is 5.69 Å². The van der Waals surface area contributed by atoms with Crippen molar-refractivity contribution in [1.29, 1.82) is 0 Å². The molecule has 0 radical (unpaired) electrons. The molecule has 1 aromatic heterocycles. The summed E-state index contributed by atoms with van der Waals surface area (Å²) in [5, 5.41) is 8.74. The monoisotopic (exact) mass is 321 g/mol. The van der Waals surface area contributed by atoms with Crippen LogP contribution in [0.15, 0.2) is 12.1 Å². The number of aryl methyl sites for hydroxylation is 2. The number of carboxylic acid groups (broad SMARTS) is 1. The number of pyridine rings is 1. The SMILES string of the molecule is Cc1cc(C)[n+](CCC(=O)O)c(C(C)C)c1.[O-][Cl+3]([O-])([O-])[O-]. The Bertz CT molecular complexity index is 478. The minimum absolute atomic E-state index is 0.175. The number of aliphatic carboxylic acids is 1. The van der Waals surface area contributed by atoms with Crippen molar-refractivity contribution in [2.75, 3.05) is 0 Å². The summed E-state index contributed by atoms with van der Waals surface area (Å²) in [5.41, 5.74) is 3.57. The molecule has 0 fully saturated rings. The standard InChI is InChI=1S/C13H19NO2.ClHO4/c1-9(2)12-8-10(3)7-11(4)14(12)6-5-13(15)16;2-1(3,4)5/h7-9H,5-6H2,1-4H3;(H,2,3,4,5). The van der Waals surface area contributed by atoms with Crippen LogP contribution in [0.3, 0.4) is 0 Å². The molecule has 0 saturated carbocycles. The van der Waals surface area contributed by atoms with Gasteiger partial charge in [-0.05, 0) is 12.5 Å². The Morgan fingerprint density at radius 1 is 1.24 bits per heavy atom. The van der Waals surface area contributed by atoms with Crippen molar-refractivity contribution < 1.29 is 43.3 Å². The molecule has 0 aliphatic rings. The van der Waals surface area contributed by atoms with Gasteiger partial charge in [0.15, 0.2) is 17.9 Å². The topological polar surface area (TPSA) is 133 Å². The van der Waals surface area contributed by atoms with Crippen molar-refractivity contribution in [3.8, 4) is 0 Å². The van der Waals surface area contributed by atoms with Crippen LogP contribution in [-0.2, 0) is 11.3 Å². The number of hydrogen-bond acceptors (Lipinski definition) is 5. The lowest BCUT2D eigenvalue weighted by Gasteiger charge is -2.17. The van der Waals surface area contributed by atoms with Crippen LogP contribution < -0.4 is 23.2 Å². The minimum atomic E-state index is -4.94. The second-order valence-electron chi connectivity index (χ2n) is 4.93. The second-order valence-corrected chi connectivity index (χ2v) is 5.68. The van der Waals surface area contributed by atoms with E-state index in [1.165, 1.54) is 11.3 Å². The van der Waals surface area contributed by atoms with Crippen LogP contribution in [0.5, 0.6) is 0 Å². The zero-order valence-corrected chi connectivity index (χ0v) is 13.2. The van der Waals surface area contributed by atoms with Crippen molar-refractivity contribution in [1.82, 2.24) is 0 Å². The van der Waals surface area contributed by atoms with E-state index in [9.17, 15) is 4.79 Å². The van der Waals surface area contributed by atoms with E-state index < -0.39 is 16.2 Å². The molecule has 0 aromatic carbocycles. The Balaban J connectivity index is 0.000000690. The first-order chi connectivity index (χ1) is 9.41. The molecule has 0 amide bonds. The quantitative estimate of drug-likeness (QED) is 0.606. The Morgan fingerprint density at radius 3 is 2.10 bits per heavy atom. The highest BCUT2D eigenvalue weighted by Gasteiger charge is 2.18. The molecule has 0 aliphatic carbocycles. The van der Waals surface area contributed by atoms with Gasteiger partial charge >= 0.3 is 5.97 Å². The van der Waals surface area contributed by atoms with E-state index >= 15 is 0 Å². The van der Waals surface area contributed by atoms with Crippen LogP contribution in [0.2, 0.25) is 0 Å². The molecule has 0 aliphatic heterocycles. The largest absolute Gasteiger partial charge is 0.481 e. The summed E-state index contributed by atoms with van der Waals surface area (Å²) < 4.78 is 36.1. The Labute approximate surface area is 125 Å². The molecule has 0 spiro atoms. The molecule has 0 atom stereocenters. The van der Waals surface area contributed by atoms with E-state index in [1.807, 2.05) is 6.92 Å². The molecular weight excluding hydrogens is 302 g/mol. The molecule has 1 rings (SSSR count). The maximum Gasteiger partial charge on any atom is 0.309 e. The van der Waals surface area contributed by atoms with Crippen molar-refractivity contribution in [3.05, 3.63) is 29.1 Å². The number of hydrogen-bond donors (Lipinski definition) is 1. The number of aromatic nitrogens is 1. The van der Waals surface area contributed by atoms with Crippen molar-refractivity contribution in [2.45, 2.75) is 46.6 Å². The first kappa shape index (κ1) is 19.8. The number of carbonyl (C=O) groups is 1. The molecule has 21 heavy (non-hydrogen) atoms.